The van der Waals surface area contributed by atoms with Crippen LogP contribution in [0.1, 0.15) is 17.3 Å². The largest absolute Gasteiger partial charge is 0.493 e. The topological polar surface area (TPSA) is 110 Å². The molecular weight excluding hydrogens is 576 g/mol. The summed E-state index contributed by atoms with van der Waals surface area (Å²) in [5.41, 5.74) is -0.300. The summed E-state index contributed by atoms with van der Waals surface area (Å²) in [4.78, 5) is 31.0. The highest BCUT2D eigenvalue weighted by Gasteiger charge is 2.25. The van der Waals surface area contributed by atoms with Gasteiger partial charge in [0.25, 0.3) is 11.5 Å². The molecule has 0 fully saturated rings. The zero-order valence-corrected chi connectivity index (χ0v) is 23.6. The highest BCUT2D eigenvalue weighted by molar-refractivity contribution is 6.06. The van der Waals surface area contributed by atoms with Gasteiger partial charge in [-0.05, 0) is 49.4 Å². The molecule has 224 valence electrons. The van der Waals surface area contributed by atoms with Gasteiger partial charge in [0.05, 0.1) is 30.3 Å². The maximum Gasteiger partial charge on any atom is 0.271 e. The Balaban J connectivity index is 1.30. The number of rotatable bonds is 8. The van der Waals surface area contributed by atoms with Crippen LogP contribution in [0.3, 0.4) is 0 Å². The van der Waals surface area contributed by atoms with E-state index >= 15 is 4.39 Å². The number of carbonyl (C=O) groups excluding carboxylic acids is 1. The first-order chi connectivity index (χ1) is 21.4. The minimum atomic E-state index is -0.838. The zero-order chi connectivity index (χ0) is 30.8. The Bertz CT molecular complexity index is 1960. The Morgan fingerprint density at radius 2 is 1.80 bits per heavy atom. The summed E-state index contributed by atoms with van der Waals surface area (Å²) in [5.74, 6) is -0.819. The van der Waals surface area contributed by atoms with Gasteiger partial charge in [0.15, 0.2) is 23.1 Å². The van der Waals surface area contributed by atoms with Crippen molar-refractivity contribution in [3.05, 3.63) is 101 Å². The van der Waals surface area contributed by atoms with E-state index in [2.05, 4.69) is 10.3 Å². The lowest BCUT2D eigenvalue weighted by atomic mass is 10.1. The van der Waals surface area contributed by atoms with Gasteiger partial charge in [-0.15, -0.1) is 0 Å². The number of benzene rings is 3. The summed E-state index contributed by atoms with van der Waals surface area (Å²) in [6.45, 7) is 2.51. The average molecular weight is 602 g/mol. The number of carbonyl (C=O) groups is 1. The van der Waals surface area contributed by atoms with E-state index in [1.807, 2.05) is 0 Å². The van der Waals surface area contributed by atoms with Gasteiger partial charge in [-0.2, -0.15) is 0 Å². The quantitative estimate of drug-likeness (QED) is 0.235. The molecule has 3 aromatic carbocycles. The third-order valence-electron chi connectivity index (χ3n) is 6.74. The van der Waals surface area contributed by atoms with E-state index in [-0.39, 0.29) is 40.8 Å². The molecule has 1 amide bonds. The molecule has 5 aromatic rings. The zero-order valence-electron chi connectivity index (χ0n) is 23.6. The van der Waals surface area contributed by atoms with E-state index in [1.165, 1.54) is 55.9 Å². The number of amides is 1. The molecule has 6 rings (SSSR count). The Morgan fingerprint density at radius 3 is 2.55 bits per heavy atom. The highest BCUT2D eigenvalue weighted by atomic mass is 19.1. The number of fused-ring (bicyclic) bond motifs is 3. The Labute approximate surface area is 249 Å². The molecule has 1 aliphatic rings. The molecule has 0 spiro atoms. The third kappa shape index (κ3) is 5.33. The van der Waals surface area contributed by atoms with Crippen molar-refractivity contribution in [1.82, 2.24) is 9.55 Å². The van der Waals surface area contributed by atoms with Crippen LogP contribution in [-0.2, 0) is 0 Å². The third-order valence-corrected chi connectivity index (χ3v) is 6.74. The first kappa shape index (κ1) is 28.5. The van der Waals surface area contributed by atoms with Crippen molar-refractivity contribution in [2.45, 2.75) is 6.92 Å². The molecule has 12 heteroatoms. The van der Waals surface area contributed by atoms with Gasteiger partial charge < -0.3 is 29.0 Å². The van der Waals surface area contributed by atoms with Crippen LogP contribution < -0.4 is 34.6 Å². The highest BCUT2D eigenvalue weighted by Crippen LogP contribution is 2.48. The lowest BCUT2D eigenvalue weighted by molar-refractivity contribution is 0.102. The Morgan fingerprint density at radius 1 is 0.977 bits per heavy atom. The van der Waals surface area contributed by atoms with E-state index in [4.69, 9.17) is 23.7 Å². The van der Waals surface area contributed by atoms with Crippen LogP contribution in [0.25, 0.3) is 16.6 Å². The molecule has 0 bridgehead atoms. The molecule has 0 saturated carbocycles. The van der Waals surface area contributed by atoms with E-state index < -0.39 is 23.1 Å². The van der Waals surface area contributed by atoms with E-state index in [0.717, 1.165) is 16.7 Å². The van der Waals surface area contributed by atoms with Crippen molar-refractivity contribution in [3.8, 4) is 40.2 Å². The summed E-state index contributed by atoms with van der Waals surface area (Å²) in [6.07, 6.45) is 2.89. The second kappa shape index (κ2) is 11.9. The molecule has 1 N–H and O–H groups in total. The van der Waals surface area contributed by atoms with Gasteiger partial charge in [0, 0.05) is 30.2 Å². The van der Waals surface area contributed by atoms with Crippen molar-refractivity contribution in [1.29, 1.82) is 0 Å². The van der Waals surface area contributed by atoms with Crippen molar-refractivity contribution in [2.75, 3.05) is 32.2 Å². The van der Waals surface area contributed by atoms with Crippen molar-refractivity contribution in [3.63, 3.8) is 0 Å². The van der Waals surface area contributed by atoms with Crippen LogP contribution >= 0.6 is 0 Å². The summed E-state index contributed by atoms with van der Waals surface area (Å²) in [7, 11) is 1.50. The van der Waals surface area contributed by atoms with Gasteiger partial charge in [0.1, 0.15) is 36.1 Å². The second-order valence-corrected chi connectivity index (χ2v) is 9.48. The number of halogens is 2. The number of pyridine rings is 2. The SMILES string of the molecule is CCOc1ccn(-c2cccc(F)c2)c(=O)c1C(=O)Nc1ccc(Oc2ccnc3cc(OC)c4c(c23)OCCO4)c(F)c1. The van der Waals surface area contributed by atoms with E-state index in [0.29, 0.717) is 41.4 Å². The van der Waals surface area contributed by atoms with Gasteiger partial charge in [-0.25, -0.2) is 8.78 Å². The molecule has 44 heavy (non-hydrogen) atoms. The monoisotopic (exact) mass is 601 g/mol. The van der Waals surface area contributed by atoms with Crippen LogP contribution in [-0.4, -0.2) is 42.4 Å². The molecule has 0 saturated heterocycles. The first-order valence-electron chi connectivity index (χ1n) is 13.6. The summed E-state index contributed by atoms with van der Waals surface area (Å²) >= 11 is 0. The molecule has 10 nitrogen and oxygen atoms in total. The van der Waals surface area contributed by atoms with Crippen LogP contribution in [0, 0.1) is 11.6 Å². The Kier molecular flexibility index (Phi) is 7.71. The van der Waals surface area contributed by atoms with Crippen molar-refractivity contribution < 1.29 is 37.3 Å². The standard InChI is InChI=1S/C32H25F2N3O7/c1-3-41-24-10-12-37(20-6-4-5-18(33)15-20)32(39)28(24)31(38)36-19-7-8-23(21(34)16-19)44-25-9-11-35-22-17-26(40-2)29-30(27(22)25)43-14-13-42-29/h4-12,15-17H,3,13-14H2,1-2H3,(H,36,38). The van der Waals surface area contributed by atoms with E-state index in [9.17, 15) is 14.0 Å². The fourth-order valence-corrected chi connectivity index (χ4v) is 4.82. The van der Waals surface area contributed by atoms with Gasteiger partial charge >= 0.3 is 0 Å². The lowest BCUT2D eigenvalue weighted by Gasteiger charge is -2.23. The number of nitrogens with one attached hydrogen (secondary N) is 1. The Hall–Kier alpha value is -5.65. The van der Waals surface area contributed by atoms with Crippen LogP contribution in [0.2, 0.25) is 0 Å². The molecule has 3 heterocycles. The minimum Gasteiger partial charge on any atom is -0.493 e. The lowest BCUT2D eigenvalue weighted by Crippen LogP contribution is -2.29. The number of hydrogen-bond acceptors (Lipinski definition) is 8. The number of anilines is 1. The number of ether oxygens (including phenoxy) is 5. The van der Waals surface area contributed by atoms with Crippen molar-refractivity contribution in [2.24, 2.45) is 0 Å². The maximum atomic E-state index is 15.4. The van der Waals surface area contributed by atoms with Crippen LogP contribution in [0.15, 0.2) is 77.9 Å². The van der Waals surface area contributed by atoms with Crippen LogP contribution in [0.5, 0.6) is 34.5 Å². The van der Waals surface area contributed by atoms with Gasteiger partial charge in [0.2, 0.25) is 5.75 Å². The molecule has 2 aromatic heterocycles. The fraction of sp³-hybridized carbons (Fsp3) is 0.156. The average Bonchev–Trinajstić information content (AvgIpc) is 3.02. The number of methoxy groups -OCH3 is 1. The van der Waals surface area contributed by atoms with Crippen molar-refractivity contribution >= 4 is 22.5 Å². The predicted molar refractivity (Wildman–Crippen MR) is 157 cm³/mol. The summed E-state index contributed by atoms with van der Waals surface area (Å²) < 4.78 is 58.8. The van der Waals surface area contributed by atoms with Gasteiger partial charge in [-0.1, -0.05) is 6.07 Å². The predicted octanol–water partition coefficient (Wildman–Crippen LogP) is 5.89. The smallest absolute Gasteiger partial charge is 0.271 e. The molecule has 0 aliphatic carbocycles. The number of hydrogen-bond donors (Lipinski definition) is 1. The van der Waals surface area contributed by atoms with Crippen LogP contribution in [0.4, 0.5) is 14.5 Å². The first-order valence-corrected chi connectivity index (χ1v) is 13.6. The summed E-state index contributed by atoms with van der Waals surface area (Å²) in [6, 6.07) is 13.9. The molecule has 1 aliphatic heterocycles. The molecule has 0 atom stereocenters. The second-order valence-electron chi connectivity index (χ2n) is 9.48. The van der Waals surface area contributed by atoms with Gasteiger partial charge in [-0.3, -0.25) is 19.1 Å². The molecule has 0 unspecified atom stereocenters. The number of aromatic nitrogens is 2. The summed E-state index contributed by atoms with van der Waals surface area (Å²) in [5, 5.41) is 3.01. The van der Waals surface area contributed by atoms with E-state index in [1.54, 1.807) is 19.1 Å². The molecular formula is C32H25F2N3O7. The number of nitrogens with zero attached hydrogens (tertiary/aromatic N) is 2. The minimum absolute atomic E-state index is 0.0267. The maximum absolute atomic E-state index is 15.4. The fourth-order valence-electron chi connectivity index (χ4n) is 4.82. The normalized spacial score (nSPS) is 12.1. The molecule has 0 radical (unpaired) electrons.